The van der Waals surface area contributed by atoms with Gasteiger partial charge in [0.2, 0.25) is 0 Å². The van der Waals surface area contributed by atoms with E-state index in [9.17, 15) is 4.79 Å². The highest BCUT2D eigenvalue weighted by Crippen LogP contribution is 2.67. The van der Waals surface area contributed by atoms with Gasteiger partial charge in [0.15, 0.2) is 0 Å². The molecule has 1 fully saturated rings. The summed E-state index contributed by atoms with van der Waals surface area (Å²) in [5, 5.41) is 0. The van der Waals surface area contributed by atoms with Crippen molar-refractivity contribution in [3.05, 3.63) is 51.9 Å². The van der Waals surface area contributed by atoms with Crippen LogP contribution >= 0.6 is 0 Å². The lowest BCUT2D eigenvalue weighted by molar-refractivity contribution is 0.216. The van der Waals surface area contributed by atoms with Crippen molar-refractivity contribution in [1.29, 1.82) is 0 Å². The third-order valence-corrected chi connectivity index (χ3v) is 6.58. The van der Waals surface area contributed by atoms with Gasteiger partial charge in [-0.15, -0.1) is 0 Å². The maximum absolute atomic E-state index is 13.2. The fourth-order valence-corrected chi connectivity index (χ4v) is 5.01. The highest BCUT2D eigenvalue weighted by atomic mass is 16.1. The van der Waals surface area contributed by atoms with Crippen LogP contribution in [0, 0.1) is 5.41 Å². The Hall–Kier alpha value is -1.77. The Balaban J connectivity index is 2.06. The molecule has 1 saturated carbocycles. The van der Waals surface area contributed by atoms with Gasteiger partial charge in [0.1, 0.15) is 0 Å². The quantitative estimate of drug-likeness (QED) is 0.827. The van der Waals surface area contributed by atoms with E-state index in [1.54, 1.807) is 0 Å². The topological polar surface area (TPSA) is 26.9 Å². The first-order valence-electron chi connectivity index (χ1n) is 8.35. The Kier molecular flexibility index (Phi) is 2.62. The molecule has 4 rings (SSSR count). The highest BCUT2D eigenvalue weighted by Gasteiger charge is 2.62. The first-order valence-corrected chi connectivity index (χ1v) is 8.35. The molecule has 0 N–H and O–H groups in total. The summed E-state index contributed by atoms with van der Waals surface area (Å²) in [7, 11) is 0. The molecule has 2 aliphatic rings. The third kappa shape index (κ3) is 1.35. The summed E-state index contributed by atoms with van der Waals surface area (Å²) in [6.45, 7) is 10.0. The van der Waals surface area contributed by atoms with Crippen LogP contribution in [0.2, 0.25) is 0 Å². The summed E-state index contributed by atoms with van der Waals surface area (Å²) < 4.78 is 4.13. The SMILES string of the molecule is CCn1c2c(c(=O)n1-c1ccccc1)[C@H]1CC[C@]2(C)C1(C)C. The summed E-state index contributed by atoms with van der Waals surface area (Å²) in [6.07, 6.45) is 2.34. The zero-order valence-corrected chi connectivity index (χ0v) is 13.9. The molecular weight excluding hydrogens is 272 g/mol. The van der Waals surface area contributed by atoms with Gasteiger partial charge in [-0.25, -0.2) is 4.68 Å². The predicted octanol–water partition coefficient (Wildman–Crippen LogP) is 3.83. The second-order valence-electron chi connectivity index (χ2n) is 7.58. The molecule has 116 valence electrons. The van der Waals surface area contributed by atoms with E-state index in [4.69, 9.17) is 0 Å². The minimum Gasteiger partial charge on any atom is -0.281 e. The van der Waals surface area contributed by atoms with E-state index in [2.05, 4.69) is 32.4 Å². The Morgan fingerprint density at radius 1 is 1.18 bits per heavy atom. The van der Waals surface area contributed by atoms with E-state index in [1.807, 2.05) is 35.0 Å². The third-order valence-electron chi connectivity index (χ3n) is 6.58. The Morgan fingerprint density at radius 2 is 1.86 bits per heavy atom. The first-order chi connectivity index (χ1) is 10.4. The van der Waals surface area contributed by atoms with Crippen molar-refractivity contribution in [3.63, 3.8) is 0 Å². The molecule has 3 heteroatoms. The molecule has 0 aliphatic heterocycles. The fourth-order valence-electron chi connectivity index (χ4n) is 5.01. The van der Waals surface area contributed by atoms with Gasteiger partial charge < -0.3 is 0 Å². The fraction of sp³-hybridized carbons (Fsp3) is 0.526. The molecule has 0 spiro atoms. The zero-order valence-electron chi connectivity index (χ0n) is 13.9. The molecule has 0 saturated heterocycles. The lowest BCUT2D eigenvalue weighted by Gasteiger charge is -2.36. The second-order valence-corrected chi connectivity index (χ2v) is 7.58. The largest absolute Gasteiger partial charge is 0.281 e. The van der Waals surface area contributed by atoms with Crippen LogP contribution in [0.4, 0.5) is 0 Å². The van der Waals surface area contributed by atoms with Crippen LogP contribution in [0.3, 0.4) is 0 Å². The number of fused-ring (bicyclic) bond motifs is 5. The van der Waals surface area contributed by atoms with Crippen molar-refractivity contribution in [3.8, 4) is 5.69 Å². The number of hydrogen-bond acceptors (Lipinski definition) is 1. The van der Waals surface area contributed by atoms with Crippen molar-refractivity contribution in [2.24, 2.45) is 5.41 Å². The van der Waals surface area contributed by atoms with Crippen LogP contribution in [0.1, 0.15) is 57.7 Å². The van der Waals surface area contributed by atoms with Crippen molar-refractivity contribution < 1.29 is 0 Å². The summed E-state index contributed by atoms with van der Waals surface area (Å²) in [4.78, 5) is 13.2. The van der Waals surface area contributed by atoms with Crippen LogP contribution in [-0.4, -0.2) is 9.36 Å². The Morgan fingerprint density at radius 3 is 2.50 bits per heavy atom. The average Bonchev–Trinajstić information content (AvgIpc) is 3.00. The molecule has 0 radical (unpaired) electrons. The minimum atomic E-state index is 0.113. The number of rotatable bonds is 2. The standard InChI is InChI=1S/C19H24N2O/c1-5-20-16-15(14-11-12-19(16,4)18(14,2)3)17(22)21(20)13-9-7-6-8-10-13/h6-10,14H,5,11-12H2,1-4H3/t14-,19+/m1/s1. The number of aromatic nitrogens is 2. The van der Waals surface area contributed by atoms with Gasteiger partial charge in [0.25, 0.3) is 5.56 Å². The number of hydrogen-bond donors (Lipinski definition) is 0. The van der Waals surface area contributed by atoms with E-state index < -0.39 is 0 Å². The molecule has 2 bridgehead atoms. The molecule has 22 heavy (non-hydrogen) atoms. The zero-order chi connectivity index (χ0) is 15.7. The molecule has 2 aliphatic carbocycles. The van der Waals surface area contributed by atoms with Crippen LogP contribution in [0.15, 0.2) is 35.1 Å². The summed E-state index contributed by atoms with van der Waals surface area (Å²) >= 11 is 0. The molecular formula is C19H24N2O. The number of para-hydroxylation sites is 1. The minimum absolute atomic E-state index is 0.113. The molecule has 1 heterocycles. The van der Waals surface area contributed by atoms with Gasteiger partial charge >= 0.3 is 0 Å². The molecule has 2 aromatic rings. The monoisotopic (exact) mass is 296 g/mol. The highest BCUT2D eigenvalue weighted by molar-refractivity contribution is 5.47. The lowest BCUT2D eigenvalue weighted by Crippen LogP contribution is -2.35. The summed E-state index contributed by atoms with van der Waals surface area (Å²) in [6, 6.07) is 10.0. The van der Waals surface area contributed by atoms with Crippen LogP contribution in [0.5, 0.6) is 0 Å². The molecule has 0 amide bonds. The lowest BCUT2D eigenvalue weighted by atomic mass is 9.70. The maximum atomic E-state index is 13.2. The number of benzene rings is 1. The van der Waals surface area contributed by atoms with Gasteiger partial charge in [0.05, 0.1) is 11.4 Å². The van der Waals surface area contributed by atoms with Gasteiger partial charge in [-0.3, -0.25) is 9.48 Å². The van der Waals surface area contributed by atoms with Gasteiger partial charge in [-0.05, 0) is 43.2 Å². The summed E-state index contributed by atoms with van der Waals surface area (Å²) in [5.74, 6) is 0.405. The van der Waals surface area contributed by atoms with Gasteiger partial charge in [-0.2, -0.15) is 0 Å². The van der Waals surface area contributed by atoms with E-state index in [-0.39, 0.29) is 16.4 Å². The van der Waals surface area contributed by atoms with E-state index >= 15 is 0 Å². The van der Waals surface area contributed by atoms with Crippen molar-refractivity contribution in [2.45, 2.75) is 58.4 Å². The molecule has 3 nitrogen and oxygen atoms in total. The molecule has 1 aromatic heterocycles. The van der Waals surface area contributed by atoms with E-state index in [0.29, 0.717) is 5.92 Å². The van der Waals surface area contributed by atoms with Gasteiger partial charge in [0, 0.05) is 17.5 Å². The van der Waals surface area contributed by atoms with Crippen LogP contribution in [0.25, 0.3) is 5.69 Å². The second kappa shape index (κ2) is 4.15. The molecule has 2 atom stereocenters. The Bertz CT molecular complexity index is 797. The molecule has 0 unspecified atom stereocenters. The number of nitrogens with zero attached hydrogens (tertiary/aromatic N) is 2. The molecule has 1 aromatic carbocycles. The van der Waals surface area contributed by atoms with Crippen molar-refractivity contribution in [1.82, 2.24) is 9.36 Å². The van der Waals surface area contributed by atoms with E-state index in [1.165, 1.54) is 12.1 Å². The first kappa shape index (κ1) is 13.9. The smallest absolute Gasteiger partial charge is 0.275 e. The maximum Gasteiger partial charge on any atom is 0.275 e. The van der Waals surface area contributed by atoms with Gasteiger partial charge in [-0.1, -0.05) is 39.0 Å². The van der Waals surface area contributed by atoms with Crippen molar-refractivity contribution >= 4 is 0 Å². The predicted molar refractivity (Wildman–Crippen MR) is 88.8 cm³/mol. The van der Waals surface area contributed by atoms with E-state index in [0.717, 1.165) is 24.2 Å². The van der Waals surface area contributed by atoms with Crippen LogP contribution < -0.4 is 5.56 Å². The normalized spacial score (nSPS) is 28.1. The Labute approximate surface area is 131 Å². The summed E-state index contributed by atoms with van der Waals surface area (Å²) in [5.41, 5.74) is 3.86. The average molecular weight is 296 g/mol. The van der Waals surface area contributed by atoms with Crippen molar-refractivity contribution in [2.75, 3.05) is 0 Å². The van der Waals surface area contributed by atoms with Crippen LogP contribution in [-0.2, 0) is 12.0 Å².